The highest BCUT2D eigenvalue weighted by atomic mass is 35.5. The zero-order valence-electron chi connectivity index (χ0n) is 24.4. The van der Waals surface area contributed by atoms with E-state index in [-0.39, 0.29) is 45.6 Å². The highest BCUT2D eigenvalue weighted by Crippen LogP contribution is 2.38. The number of primary sulfonamides is 1. The number of halogens is 2. The molecule has 0 aliphatic carbocycles. The van der Waals surface area contributed by atoms with Crippen LogP contribution in [0, 0.1) is 5.82 Å². The number of carboxylic acids is 1. The van der Waals surface area contributed by atoms with Gasteiger partial charge in [-0.3, -0.25) is 9.59 Å². The highest BCUT2D eigenvalue weighted by Gasteiger charge is 2.38. The van der Waals surface area contributed by atoms with Gasteiger partial charge in [0, 0.05) is 13.0 Å². The van der Waals surface area contributed by atoms with Crippen molar-refractivity contribution >= 4 is 39.3 Å². The van der Waals surface area contributed by atoms with E-state index in [9.17, 15) is 32.3 Å². The summed E-state index contributed by atoms with van der Waals surface area (Å²) in [6.07, 6.45) is 1.44. The summed E-state index contributed by atoms with van der Waals surface area (Å²) in [5.41, 5.74) is 2.97. The van der Waals surface area contributed by atoms with Crippen LogP contribution in [-0.2, 0) is 27.7 Å². The van der Waals surface area contributed by atoms with Crippen molar-refractivity contribution in [2.45, 2.75) is 23.8 Å². The molecule has 0 saturated heterocycles. The molecule has 14 heteroatoms. The molecule has 1 aliphatic rings. The third kappa shape index (κ3) is 6.28. The van der Waals surface area contributed by atoms with E-state index in [1.807, 2.05) is 0 Å². The van der Waals surface area contributed by atoms with E-state index in [1.54, 1.807) is 30.3 Å². The van der Waals surface area contributed by atoms with Gasteiger partial charge >= 0.3 is 5.97 Å². The average Bonchev–Trinajstić information content (AvgIpc) is 3.55. The first-order valence-electron chi connectivity index (χ1n) is 14.2. The van der Waals surface area contributed by atoms with Crippen molar-refractivity contribution in [3.8, 4) is 16.8 Å². The number of hydrogen-bond donors (Lipinski definition) is 2. The summed E-state index contributed by atoms with van der Waals surface area (Å²) in [6, 6.07) is 20.5. The number of nitrogens with zero attached hydrogens (tertiary/aromatic N) is 4. The van der Waals surface area contributed by atoms with Gasteiger partial charge in [-0.15, -0.1) is 5.10 Å². The van der Waals surface area contributed by atoms with E-state index < -0.39 is 33.8 Å². The molecule has 11 nitrogen and oxygen atoms in total. The SMILES string of the molecule is NS(=O)(=O)c1cccc(-c2cccc3c2CCN(C(=O)c2cn(-c4cccc(Cl)c4F)nn2)C3C(=O)Cc2ccc(C(=O)O)cc2)c1. The molecule has 3 N–H and O–H groups in total. The lowest BCUT2D eigenvalue weighted by atomic mass is 9.83. The molecule has 0 saturated carbocycles. The monoisotopic (exact) mass is 673 g/mol. The number of ketones is 1. The Morgan fingerprint density at radius 2 is 1.72 bits per heavy atom. The minimum absolute atomic E-state index is 0.0168. The van der Waals surface area contributed by atoms with Crippen LogP contribution in [0.25, 0.3) is 16.8 Å². The van der Waals surface area contributed by atoms with Gasteiger partial charge in [-0.05, 0) is 70.6 Å². The number of carboxylic acid groups (broad SMARTS) is 1. The molecule has 0 spiro atoms. The predicted octanol–water partition coefficient (Wildman–Crippen LogP) is 4.62. The Kier molecular flexibility index (Phi) is 8.45. The Balaban J connectivity index is 1.41. The first-order valence-corrected chi connectivity index (χ1v) is 16.1. The van der Waals surface area contributed by atoms with Crippen LogP contribution in [0.3, 0.4) is 0 Å². The lowest BCUT2D eigenvalue weighted by Crippen LogP contribution is -2.44. The van der Waals surface area contributed by atoms with Gasteiger partial charge < -0.3 is 10.0 Å². The second-order valence-corrected chi connectivity index (χ2v) is 12.8. The first kappa shape index (κ1) is 31.7. The van der Waals surface area contributed by atoms with Crippen LogP contribution >= 0.6 is 11.6 Å². The number of carbonyl (C=O) groups is 3. The largest absolute Gasteiger partial charge is 0.478 e. The predicted molar refractivity (Wildman–Crippen MR) is 169 cm³/mol. The fourth-order valence-electron chi connectivity index (χ4n) is 5.71. The van der Waals surface area contributed by atoms with Gasteiger partial charge in [-0.1, -0.05) is 65.3 Å². The summed E-state index contributed by atoms with van der Waals surface area (Å²) >= 11 is 5.92. The lowest BCUT2D eigenvalue weighted by molar-refractivity contribution is -0.123. The molecular weight excluding hydrogens is 649 g/mol. The smallest absolute Gasteiger partial charge is 0.335 e. The summed E-state index contributed by atoms with van der Waals surface area (Å²) in [7, 11) is -3.99. The molecule has 2 heterocycles. The Hall–Kier alpha value is -5.24. The van der Waals surface area contributed by atoms with Crippen LogP contribution in [-0.4, -0.2) is 57.6 Å². The van der Waals surface area contributed by atoms with Gasteiger partial charge in [0.05, 0.1) is 21.7 Å². The number of nitrogens with two attached hydrogens (primary N) is 1. The quantitative estimate of drug-likeness (QED) is 0.241. The molecule has 1 atom stereocenters. The number of aromatic nitrogens is 3. The van der Waals surface area contributed by atoms with E-state index in [4.69, 9.17) is 16.7 Å². The highest BCUT2D eigenvalue weighted by molar-refractivity contribution is 7.89. The van der Waals surface area contributed by atoms with Crippen molar-refractivity contribution in [3.05, 3.63) is 130 Å². The number of aromatic carboxylic acids is 1. The van der Waals surface area contributed by atoms with Crippen molar-refractivity contribution in [2.75, 3.05) is 6.54 Å². The van der Waals surface area contributed by atoms with Gasteiger partial charge in [0.2, 0.25) is 10.0 Å². The minimum Gasteiger partial charge on any atom is -0.478 e. The van der Waals surface area contributed by atoms with Gasteiger partial charge in [0.1, 0.15) is 11.7 Å². The van der Waals surface area contributed by atoms with E-state index in [2.05, 4.69) is 10.3 Å². The number of amides is 1. The molecule has 0 radical (unpaired) electrons. The van der Waals surface area contributed by atoms with Gasteiger partial charge in [-0.25, -0.2) is 27.4 Å². The Bertz CT molecular complexity index is 2170. The molecule has 0 bridgehead atoms. The van der Waals surface area contributed by atoms with Crippen molar-refractivity contribution in [2.24, 2.45) is 5.14 Å². The van der Waals surface area contributed by atoms with Crippen molar-refractivity contribution in [1.29, 1.82) is 0 Å². The third-order valence-electron chi connectivity index (χ3n) is 7.93. The fourth-order valence-corrected chi connectivity index (χ4v) is 6.43. The number of fused-ring (bicyclic) bond motifs is 1. The second kappa shape index (κ2) is 12.5. The Labute approximate surface area is 273 Å². The van der Waals surface area contributed by atoms with Crippen LogP contribution in [0.4, 0.5) is 4.39 Å². The molecule has 1 aliphatic heterocycles. The van der Waals surface area contributed by atoms with Crippen LogP contribution in [0.15, 0.2) is 96.0 Å². The van der Waals surface area contributed by atoms with E-state index >= 15 is 0 Å². The number of hydrogen-bond acceptors (Lipinski definition) is 7. The molecule has 4 aromatic carbocycles. The van der Waals surface area contributed by atoms with Crippen molar-refractivity contribution < 1.29 is 32.3 Å². The van der Waals surface area contributed by atoms with Crippen LogP contribution in [0.1, 0.15) is 43.6 Å². The summed E-state index contributed by atoms with van der Waals surface area (Å²) < 4.78 is 39.9. The van der Waals surface area contributed by atoms with Crippen LogP contribution in [0.2, 0.25) is 5.02 Å². The van der Waals surface area contributed by atoms with Crippen LogP contribution < -0.4 is 5.14 Å². The first-order chi connectivity index (χ1) is 22.4. The maximum Gasteiger partial charge on any atom is 0.335 e. The summed E-state index contributed by atoms with van der Waals surface area (Å²) in [5.74, 6) is -2.83. The number of carbonyl (C=O) groups excluding carboxylic acids is 2. The standard InChI is InChI=1S/C33H25ClFN5O6S/c34-26-8-3-9-28(30(26)35)40-18-27(37-38-40)32(42)39-15-14-24-23(21-4-1-5-22(17-21)47(36,45)46)6-2-7-25(24)31(39)29(41)16-19-10-12-20(13-11-19)33(43)44/h1-13,17-18,31H,14-16H2,(H,43,44)(H2,36,45,46). The van der Waals surface area contributed by atoms with E-state index in [1.165, 1.54) is 65.7 Å². The summed E-state index contributed by atoms with van der Waals surface area (Å²) in [6.45, 7) is 0.0878. The zero-order valence-corrected chi connectivity index (χ0v) is 26.0. The number of sulfonamides is 1. The zero-order chi connectivity index (χ0) is 33.5. The fraction of sp³-hybridized carbons (Fsp3) is 0.121. The van der Waals surface area contributed by atoms with Gasteiger partial charge in [0.25, 0.3) is 5.91 Å². The van der Waals surface area contributed by atoms with Gasteiger partial charge in [0.15, 0.2) is 17.3 Å². The molecule has 47 heavy (non-hydrogen) atoms. The van der Waals surface area contributed by atoms with Crippen LogP contribution in [0.5, 0.6) is 0 Å². The molecule has 6 rings (SSSR count). The lowest BCUT2D eigenvalue weighted by Gasteiger charge is -2.37. The summed E-state index contributed by atoms with van der Waals surface area (Å²) in [5, 5.41) is 22.4. The summed E-state index contributed by atoms with van der Waals surface area (Å²) in [4.78, 5) is 40.8. The van der Waals surface area contributed by atoms with Crippen molar-refractivity contribution in [1.82, 2.24) is 19.9 Å². The van der Waals surface area contributed by atoms with Crippen molar-refractivity contribution in [3.63, 3.8) is 0 Å². The van der Waals surface area contributed by atoms with E-state index in [0.717, 1.165) is 10.2 Å². The minimum atomic E-state index is -3.99. The molecule has 5 aromatic rings. The number of benzene rings is 4. The molecule has 1 aromatic heterocycles. The third-order valence-corrected chi connectivity index (χ3v) is 9.13. The Morgan fingerprint density at radius 1 is 1.00 bits per heavy atom. The normalized spacial score (nSPS) is 14.4. The number of rotatable bonds is 8. The second-order valence-electron chi connectivity index (χ2n) is 10.9. The topological polar surface area (TPSA) is 166 Å². The number of Topliss-reactive ketones (excluding diaryl/α,β-unsaturated/α-hetero) is 1. The molecule has 238 valence electrons. The maximum absolute atomic E-state index is 14.7. The molecule has 1 amide bonds. The van der Waals surface area contributed by atoms with E-state index in [0.29, 0.717) is 28.7 Å². The van der Waals surface area contributed by atoms with Gasteiger partial charge in [-0.2, -0.15) is 0 Å². The molecular formula is C33H25ClFN5O6S. The average molecular weight is 674 g/mol. The maximum atomic E-state index is 14.7. The Morgan fingerprint density at radius 3 is 2.45 bits per heavy atom. The molecule has 0 fully saturated rings. The molecule has 1 unspecified atom stereocenters.